The highest BCUT2D eigenvalue weighted by molar-refractivity contribution is 6.04. The summed E-state index contributed by atoms with van der Waals surface area (Å²) in [7, 11) is 0. The van der Waals surface area contributed by atoms with Gasteiger partial charge in [-0.2, -0.15) is 0 Å². The van der Waals surface area contributed by atoms with Gasteiger partial charge in [-0.15, -0.1) is 0 Å². The maximum absolute atomic E-state index is 4.84. The Kier molecular flexibility index (Phi) is 2.35. The molecule has 0 spiro atoms. The summed E-state index contributed by atoms with van der Waals surface area (Å²) in [4.78, 5) is 8.32. The SMILES string of the molecule is C[C@H]1CC[C@@H](c2nc3c(ccc4ccccc43)[nH]2)N1. The lowest BCUT2D eigenvalue weighted by Crippen LogP contribution is -2.21. The zero-order valence-electron chi connectivity index (χ0n) is 11.0. The average molecular weight is 251 g/mol. The molecule has 0 bridgehead atoms. The Bertz CT molecular complexity index is 744. The lowest BCUT2D eigenvalue weighted by atomic mass is 10.1. The van der Waals surface area contributed by atoms with E-state index < -0.39 is 0 Å². The number of H-pyrrole nitrogens is 1. The van der Waals surface area contributed by atoms with E-state index in [0.29, 0.717) is 12.1 Å². The van der Waals surface area contributed by atoms with Crippen molar-refractivity contribution in [2.24, 2.45) is 0 Å². The first-order chi connectivity index (χ1) is 9.31. The van der Waals surface area contributed by atoms with Crippen LogP contribution in [-0.2, 0) is 0 Å². The second kappa shape index (κ2) is 4.07. The molecule has 1 aliphatic rings. The number of aromatic amines is 1. The van der Waals surface area contributed by atoms with Crippen molar-refractivity contribution in [2.75, 3.05) is 0 Å². The standard InChI is InChI=1S/C16H17N3/c1-10-6-8-14(17-10)16-18-13-9-7-11-4-2-3-5-12(11)15(13)19-16/h2-5,7,9-10,14,17H,6,8H2,1H3,(H,18,19)/t10-,14-/m0/s1. The summed E-state index contributed by atoms with van der Waals surface area (Å²) < 4.78 is 0. The van der Waals surface area contributed by atoms with Gasteiger partial charge in [-0.25, -0.2) is 4.98 Å². The fourth-order valence-corrected chi connectivity index (χ4v) is 3.07. The molecule has 1 fully saturated rings. The van der Waals surface area contributed by atoms with Gasteiger partial charge in [-0.3, -0.25) is 0 Å². The highest BCUT2D eigenvalue weighted by atomic mass is 15.1. The summed E-state index contributed by atoms with van der Waals surface area (Å²) in [6.45, 7) is 2.23. The van der Waals surface area contributed by atoms with Crippen LogP contribution >= 0.6 is 0 Å². The van der Waals surface area contributed by atoms with E-state index in [1.54, 1.807) is 0 Å². The Morgan fingerprint density at radius 3 is 2.84 bits per heavy atom. The third kappa shape index (κ3) is 1.73. The molecule has 3 nitrogen and oxygen atoms in total. The van der Waals surface area contributed by atoms with E-state index in [9.17, 15) is 0 Å². The molecule has 0 unspecified atom stereocenters. The summed E-state index contributed by atoms with van der Waals surface area (Å²) in [5, 5.41) is 6.07. The van der Waals surface area contributed by atoms with Gasteiger partial charge in [0.25, 0.3) is 0 Å². The van der Waals surface area contributed by atoms with Gasteiger partial charge >= 0.3 is 0 Å². The number of rotatable bonds is 1. The number of benzene rings is 2. The molecule has 0 amide bonds. The normalized spacial score (nSPS) is 23.4. The Morgan fingerprint density at radius 2 is 2.00 bits per heavy atom. The number of imidazole rings is 1. The predicted molar refractivity (Wildman–Crippen MR) is 78.2 cm³/mol. The molecule has 2 N–H and O–H groups in total. The number of hydrogen-bond donors (Lipinski definition) is 2. The highest BCUT2D eigenvalue weighted by Gasteiger charge is 2.24. The first kappa shape index (κ1) is 11.0. The van der Waals surface area contributed by atoms with Crippen molar-refractivity contribution in [1.29, 1.82) is 0 Å². The highest BCUT2D eigenvalue weighted by Crippen LogP contribution is 2.29. The van der Waals surface area contributed by atoms with Crippen molar-refractivity contribution in [3.8, 4) is 0 Å². The van der Waals surface area contributed by atoms with E-state index in [1.807, 2.05) is 0 Å². The Hall–Kier alpha value is -1.87. The zero-order chi connectivity index (χ0) is 12.8. The average Bonchev–Trinajstić information content (AvgIpc) is 3.04. The quantitative estimate of drug-likeness (QED) is 0.694. The van der Waals surface area contributed by atoms with Crippen LogP contribution in [0, 0.1) is 0 Å². The zero-order valence-corrected chi connectivity index (χ0v) is 11.0. The van der Waals surface area contributed by atoms with E-state index in [0.717, 1.165) is 16.9 Å². The molecule has 2 atom stereocenters. The minimum atomic E-state index is 0.376. The second-order valence-electron chi connectivity index (χ2n) is 5.50. The van der Waals surface area contributed by atoms with E-state index in [4.69, 9.17) is 4.98 Å². The van der Waals surface area contributed by atoms with Crippen molar-refractivity contribution in [3.05, 3.63) is 42.2 Å². The molecule has 19 heavy (non-hydrogen) atoms. The van der Waals surface area contributed by atoms with Gasteiger partial charge in [-0.05, 0) is 31.2 Å². The molecule has 0 aliphatic carbocycles. The van der Waals surface area contributed by atoms with E-state index >= 15 is 0 Å². The van der Waals surface area contributed by atoms with E-state index in [2.05, 4.69) is 53.6 Å². The third-order valence-electron chi connectivity index (χ3n) is 4.10. The van der Waals surface area contributed by atoms with Crippen LogP contribution in [0.2, 0.25) is 0 Å². The Morgan fingerprint density at radius 1 is 1.11 bits per heavy atom. The summed E-state index contributed by atoms with van der Waals surface area (Å²) in [5.41, 5.74) is 2.23. The summed E-state index contributed by atoms with van der Waals surface area (Å²) in [6.07, 6.45) is 2.39. The molecule has 1 aliphatic heterocycles. The molecular weight excluding hydrogens is 234 g/mol. The van der Waals surface area contributed by atoms with Gasteiger partial charge in [0.05, 0.1) is 17.1 Å². The van der Waals surface area contributed by atoms with Crippen LogP contribution in [0.3, 0.4) is 0 Å². The Labute approximate surface area is 112 Å². The van der Waals surface area contributed by atoms with Gasteiger partial charge in [0, 0.05) is 11.4 Å². The third-order valence-corrected chi connectivity index (χ3v) is 4.10. The van der Waals surface area contributed by atoms with Crippen LogP contribution in [0.1, 0.15) is 31.6 Å². The van der Waals surface area contributed by atoms with Gasteiger partial charge in [0.15, 0.2) is 0 Å². The van der Waals surface area contributed by atoms with Crippen LogP contribution in [-0.4, -0.2) is 16.0 Å². The first-order valence-electron chi connectivity index (χ1n) is 6.95. The van der Waals surface area contributed by atoms with Crippen LogP contribution in [0.4, 0.5) is 0 Å². The number of aromatic nitrogens is 2. The Balaban J connectivity index is 1.89. The second-order valence-corrected chi connectivity index (χ2v) is 5.50. The van der Waals surface area contributed by atoms with Crippen LogP contribution in [0.25, 0.3) is 21.8 Å². The molecule has 2 aromatic carbocycles. The molecule has 3 heteroatoms. The molecule has 3 aromatic rings. The summed E-state index contributed by atoms with van der Waals surface area (Å²) in [6, 6.07) is 13.7. The first-order valence-corrected chi connectivity index (χ1v) is 6.95. The maximum atomic E-state index is 4.84. The van der Waals surface area contributed by atoms with Crippen molar-refractivity contribution in [3.63, 3.8) is 0 Å². The largest absolute Gasteiger partial charge is 0.341 e. The number of nitrogens with zero attached hydrogens (tertiary/aromatic N) is 1. The summed E-state index contributed by atoms with van der Waals surface area (Å²) in [5.74, 6) is 1.08. The minimum Gasteiger partial charge on any atom is -0.341 e. The van der Waals surface area contributed by atoms with Gasteiger partial charge < -0.3 is 10.3 Å². The minimum absolute atomic E-state index is 0.376. The maximum Gasteiger partial charge on any atom is 0.124 e. The van der Waals surface area contributed by atoms with Crippen molar-refractivity contribution < 1.29 is 0 Å². The topological polar surface area (TPSA) is 40.7 Å². The molecule has 96 valence electrons. The van der Waals surface area contributed by atoms with Gasteiger partial charge in [0.2, 0.25) is 0 Å². The predicted octanol–water partition coefficient (Wildman–Crippen LogP) is 3.53. The molecule has 0 saturated carbocycles. The molecule has 2 heterocycles. The number of nitrogens with one attached hydrogen (secondary N) is 2. The van der Waals surface area contributed by atoms with Crippen molar-refractivity contribution in [2.45, 2.75) is 31.8 Å². The van der Waals surface area contributed by atoms with E-state index in [1.165, 1.54) is 23.6 Å². The van der Waals surface area contributed by atoms with Crippen LogP contribution in [0.15, 0.2) is 36.4 Å². The lowest BCUT2D eigenvalue weighted by Gasteiger charge is -2.07. The molecule has 4 rings (SSSR count). The smallest absolute Gasteiger partial charge is 0.124 e. The number of hydrogen-bond acceptors (Lipinski definition) is 2. The van der Waals surface area contributed by atoms with Crippen LogP contribution in [0.5, 0.6) is 0 Å². The van der Waals surface area contributed by atoms with Crippen LogP contribution < -0.4 is 5.32 Å². The van der Waals surface area contributed by atoms with Crippen molar-refractivity contribution in [1.82, 2.24) is 15.3 Å². The molecule has 1 aromatic heterocycles. The fraction of sp³-hybridized carbons (Fsp3) is 0.312. The monoisotopic (exact) mass is 251 g/mol. The van der Waals surface area contributed by atoms with Gasteiger partial charge in [0.1, 0.15) is 5.82 Å². The van der Waals surface area contributed by atoms with Gasteiger partial charge in [-0.1, -0.05) is 30.3 Å². The lowest BCUT2D eigenvalue weighted by molar-refractivity contribution is 0.565. The molecule has 1 saturated heterocycles. The summed E-state index contributed by atoms with van der Waals surface area (Å²) >= 11 is 0. The molecular formula is C16H17N3. The van der Waals surface area contributed by atoms with E-state index in [-0.39, 0.29) is 0 Å². The molecule has 0 radical (unpaired) electrons. The fourth-order valence-electron chi connectivity index (χ4n) is 3.07. The van der Waals surface area contributed by atoms with Crippen molar-refractivity contribution >= 4 is 21.8 Å². The number of fused-ring (bicyclic) bond motifs is 3.